The molecule has 0 saturated heterocycles. The third-order valence-corrected chi connectivity index (χ3v) is 5.56. The normalized spacial score (nSPS) is 16.6. The highest BCUT2D eigenvalue weighted by Crippen LogP contribution is 2.38. The zero-order valence-corrected chi connectivity index (χ0v) is 15.7. The second kappa shape index (κ2) is 6.93. The largest absolute Gasteiger partial charge is 0.477 e. The summed E-state index contributed by atoms with van der Waals surface area (Å²) in [6, 6.07) is 5.69. The Bertz CT molecular complexity index is 998. The number of hydrogen-bond donors (Lipinski definition) is 2. The zero-order chi connectivity index (χ0) is 19.1. The number of amides is 1. The van der Waals surface area contributed by atoms with Crippen molar-refractivity contribution in [2.45, 2.75) is 24.5 Å². The van der Waals surface area contributed by atoms with Crippen LogP contribution in [0.3, 0.4) is 0 Å². The third-order valence-electron chi connectivity index (χ3n) is 3.70. The molecule has 1 aliphatic rings. The predicted molar refractivity (Wildman–Crippen MR) is 93.2 cm³/mol. The van der Waals surface area contributed by atoms with Gasteiger partial charge in [0.25, 0.3) is 5.91 Å². The van der Waals surface area contributed by atoms with Crippen LogP contribution in [0.5, 0.6) is 5.75 Å². The van der Waals surface area contributed by atoms with Gasteiger partial charge in [0.05, 0.1) is 5.69 Å². The van der Waals surface area contributed by atoms with Crippen LogP contribution in [0.4, 0.5) is 14.5 Å². The minimum Gasteiger partial charge on any atom is -0.477 e. The molecule has 2 N–H and O–H groups in total. The van der Waals surface area contributed by atoms with E-state index in [0.717, 1.165) is 12.1 Å². The van der Waals surface area contributed by atoms with Crippen molar-refractivity contribution in [3.8, 4) is 5.75 Å². The molecule has 0 radical (unpaired) electrons. The lowest BCUT2D eigenvalue weighted by molar-refractivity contribution is -0.122. The van der Waals surface area contributed by atoms with Gasteiger partial charge in [0.2, 0.25) is 10.0 Å². The summed E-state index contributed by atoms with van der Waals surface area (Å²) in [5.41, 5.74) is 0.192. The highest BCUT2D eigenvalue weighted by molar-refractivity contribution is 9.10. The molecular formula is C16H13BrF2N2O4S. The van der Waals surface area contributed by atoms with Crippen LogP contribution in [0.15, 0.2) is 39.7 Å². The second-order valence-electron chi connectivity index (χ2n) is 5.59. The fourth-order valence-corrected chi connectivity index (χ4v) is 4.16. The minimum atomic E-state index is -4.11. The van der Waals surface area contributed by atoms with Crippen molar-refractivity contribution >= 4 is 37.5 Å². The molecule has 2 aromatic rings. The summed E-state index contributed by atoms with van der Waals surface area (Å²) >= 11 is 3.18. The molecule has 0 bridgehead atoms. The third kappa shape index (κ3) is 3.71. The monoisotopic (exact) mass is 446 g/mol. The number of ether oxygens (including phenoxy) is 1. The topological polar surface area (TPSA) is 84.5 Å². The summed E-state index contributed by atoms with van der Waals surface area (Å²) < 4.78 is 60.1. The standard InChI is InChI=1S/C16H13BrF2N2O4S/c1-8-16(22)21-13-4-10(17)5-14(15(13)25-8)26(23,24)20-7-9-2-3-11(18)6-12(9)19/h2-6,8,20H,7H2,1H3,(H,21,22). The van der Waals surface area contributed by atoms with E-state index in [-0.39, 0.29) is 28.4 Å². The van der Waals surface area contributed by atoms with Crippen LogP contribution in [0, 0.1) is 11.6 Å². The molecule has 10 heteroatoms. The van der Waals surface area contributed by atoms with Crippen molar-refractivity contribution in [3.63, 3.8) is 0 Å². The van der Waals surface area contributed by atoms with E-state index < -0.39 is 33.7 Å². The Labute approximate surface area is 156 Å². The smallest absolute Gasteiger partial charge is 0.265 e. The number of halogens is 3. The Morgan fingerprint density at radius 2 is 2.00 bits per heavy atom. The molecule has 1 unspecified atom stereocenters. The van der Waals surface area contributed by atoms with Gasteiger partial charge in [-0.3, -0.25) is 4.79 Å². The van der Waals surface area contributed by atoms with Gasteiger partial charge in [-0.1, -0.05) is 22.0 Å². The summed E-state index contributed by atoms with van der Waals surface area (Å²) in [6.45, 7) is 1.11. The zero-order valence-electron chi connectivity index (χ0n) is 13.3. The van der Waals surface area contributed by atoms with Gasteiger partial charge in [-0.2, -0.15) is 0 Å². The van der Waals surface area contributed by atoms with Crippen molar-refractivity contribution in [2.75, 3.05) is 5.32 Å². The van der Waals surface area contributed by atoms with E-state index in [9.17, 15) is 22.0 Å². The lowest BCUT2D eigenvalue weighted by Crippen LogP contribution is -2.35. The first-order valence-corrected chi connectivity index (χ1v) is 9.69. The maximum absolute atomic E-state index is 13.7. The molecule has 0 spiro atoms. The molecule has 0 saturated carbocycles. The number of anilines is 1. The van der Waals surface area contributed by atoms with Crippen LogP contribution in [-0.2, 0) is 21.4 Å². The number of benzene rings is 2. The highest BCUT2D eigenvalue weighted by atomic mass is 79.9. The Morgan fingerprint density at radius 3 is 2.69 bits per heavy atom. The molecule has 1 atom stereocenters. The molecular weight excluding hydrogens is 434 g/mol. The average molecular weight is 447 g/mol. The number of nitrogens with one attached hydrogen (secondary N) is 2. The Morgan fingerprint density at radius 1 is 1.27 bits per heavy atom. The van der Waals surface area contributed by atoms with Crippen molar-refractivity contribution < 1.29 is 26.7 Å². The lowest BCUT2D eigenvalue weighted by Gasteiger charge is -2.25. The van der Waals surface area contributed by atoms with Gasteiger partial charge in [0.1, 0.15) is 16.5 Å². The van der Waals surface area contributed by atoms with Crippen LogP contribution in [0.1, 0.15) is 12.5 Å². The molecule has 0 fully saturated rings. The van der Waals surface area contributed by atoms with Crippen molar-refractivity contribution in [2.24, 2.45) is 0 Å². The molecule has 138 valence electrons. The SMILES string of the molecule is CC1Oc2c(cc(Br)cc2S(=O)(=O)NCc2ccc(F)cc2F)NC1=O. The van der Waals surface area contributed by atoms with E-state index in [1.165, 1.54) is 19.1 Å². The summed E-state index contributed by atoms with van der Waals surface area (Å²) in [7, 11) is -4.11. The van der Waals surface area contributed by atoms with Crippen LogP contribution in [0.2, 0.25) is 0 Å². The molecule has 2 aromatic carbocycles. The first kappa shape index (κ1) is 18.7. The van der Waals surface area contributed by atoms with Crippen molar-refractivity contribution in [3.05, 3.63) is 52.0 Å². The van der Waals surface area contributed by atoms with Gasteiger partial charge in [-0.15, -0.1) is 0 Å². The van der Waals surface area contributed by atoms with Gasteiger partial charge < -0.3 is 10.1 Å². The number of fused-ring (bicyclic) bond motifs is 1. The molecule has 1 aliphatic heterocycles. The van der Waals surface area contributed by atoms with Crippen LogP contribution in [0.25, 0.3) is 0 Å². The van der Waals surface area contributed by atoms with Gasteiger partial charge in [0, 0.05) is 22.6 Å². The van der Waals surface area contributed by atoms with Crippen LogP contribution >= 0.6 is 15.9 Å². The summed E-state index contributed by atoms with van der Waals surface area (Å²) in [6.07, 6.45) is -0.868. The molecule has 6 nitrogen and oxygen atoms in total. The van der Waals surface area contributed by atoms with Gasteiger partial charge in [0.15, 0.2) is 11.9 Å². The summed E-state index contributed by atoms with van der Waals surface area (Å²) in [4.78, 5) is 11.5. The minimum absolute atomic E-state index is 0.00706. The van der Waals surface area contributed by atoms with Gasteiger partial charge in [-0.05, 0) is 25.1 Å². The van der Waals surface area contributed by atoms with E-state index in [1.54, 1.807) is 0 Å². The molecule has 1 amide bonds. The van der Waals surface area contributed by atoms with E-state index in [2.05, 4.69) is 26.0 Å². The average Bonchev–Trinajstić information content (AvgIpc) is 2.55. The van der Waals surface area contributed by atoms with Crippen LogP contribution in [-0.4, -0.2) is 20.4 Å². The van der Waals surface area contributed by atoms with Crippen LogP contribution < -0.4 is 14.8 Å². The van der Waals surface area contributed by atoms with Crippen molar-refractivity contribution in [1.82, 2.24) is 4.72 Å². The number of carbonyl (C=O) groups excluding carboxylic acids is 1. The Hall–Kier alpha value is -2.04. The van der Waals surface area contributed by atoms with Gasteiger partial charge >= 0.3 is 0 Å². The molecule has 1 heterocycles. The molecule has 0 aliphatic carbocycles. The maximum Gasteiger partial charge on any atom is 0.265 e. The molecule has 26 heavy (non-hydrogen) atoms. The lowest BCUT2D eigenvalue weighted by atomic mass is 10.2. The van der Waals surface area contributed by atoms with Gasteiger partial charge in [-0.25, -0.2) is 21.9 Å². The first-order chi connectivity index (χ1) is 12.2. The van der Waals surface area contributed by atoms with E-state index >= 15 is 0 Å². The fourth-order valence-electron chi connectivity index (χ4n) is 2.36. The number of carbonyl (C=O) groups is 1. The fraction of sp³-hybridized carbons (Fsp3) is 0.188. The van der Waals surface area contributed by atoms with E-state index in [4.69, 9.17) is 4.74 Å². The Kier molecular flexibility index (Phi) is 5.00. The first-order valence-electron chi connectivity index (χ1n) is 7.42. The second-order valence-corrected chi connectivity index (χ2v) is 8.24. The van der Waals surface area contributed by atoms with E-state index in [0.29, 0.717) is 10.5 Å². The summed E-state index contributed by atoms with van der Waals surface area (Å²) in [5, 5.41) is 2.56. The summed E-state index contributed by atoms with van der Waals surface area (Å²) in [5.74, 6) is -2.03. The maximum atomic E-state index is 13.7. The molecule has 3 rings (SSSR count). The highest BCUT2D eigenvalue weighted by Gasteiger charge is 2.31. The number of hydrogen-bond acceptors (Lipinski definition) is 4. The number of sulfonamides is 1. The quantitative estimate of drug-likeness (QED) is 0.755. The van der Waals surface area contributed by atoms with Crippen molar-refractivity contribution in [1.29, 1.82) is 0 Å². The number of rotatable bonds is 4. The molecule has 0 aromatic heterocycles. The van der Waals surface area contributed by atoms with E-state index in [1.807, 2.05) is 0 Å². The Balaban J connectivity index is 1.93. The predicted octanol–water partition coefficient (Wildman–Crippen LogP) is 2.93.